The second-order valence-electron chi connectivity index (χ2n) is 6.83. The number of thiazole rings is 1. The summed E-state index contributed by atoms with van der Waals surface area (Å²) in [4.78, 5) is 21.7. The number of carbonyl (C=O) groups is 1. The van der Waals surface area contributed by atoms with Crippen LogP contribution in [0.4, 0.5) is 9.52 Å². The number of carbonyl (C=O) groups excluding carboxylic acids is 1. The monoisotopic (exact) mass is 382 g/mol. The van der Waals surface area contributed by atoms with Gasteiger partial charge in [0.1, 0.15) is 11.3 Å². The van der Waals surface area contributed by atoms with Gasteiger partial charge in [-0.25, -0.2) is 9.37 Å². The van der Waals surface area contributed by atoms with Crippen molar-refractivity contribution in [1.29, 1.82) is 0 Å². The number of anilines is 1. The Hall–Kier alpha value is -1.28. The Balaban J connectivity index is 1.45. The molecule has 1 aromatic carbocycles. The lowest BCUT2D eigenvalue weighted by atomic mass is 9.95. The first-order valence-electron chi connectivity index (χ1n) is 8.52. The lowest BCUT2D eigenvalue weighted by molar-refractivity contribution is -0.123. The highest BCUT2D eigenvalue weighted by atomic mass is 35.5. The van der Waals surface area contributed by atoms with E-state index in [4.69, 9.17) is 11.6 Å². The predicted octanol–water partition coefficient (Wildman–Crippen LogP) is 3.40. The van der Waals surface area contributed by atoms with Gasteiger partial charge in [0, 0.05) is 13.1 Å². The second-order valence-corrected chi connectivity index (χ2v) is 8.26. The molecule has 5 nitrogen and oxygen atoms in total. The summed E-state index contributed by atoms with van der Waals surface area (Å²) < 4.78 is 14.1. The highest BCUT2D eigenvalue weighted by Crippen LogP contribution is 2.32. The van der Waals surface area contributed by atoms with Crippen molar-refractivity contribution in [2.75, 3.05) is 32.0 Å². The first kappa shape index (κ1) is 17.1. The average molecular weight is 383 g/mol. The van der Waals surface area contributed by atoms with E-state index in [1.165, 1.54) is 29.9 Å². The molecule has 1 N–H and O–H groups in total. The summed E-state index contributed by atoms with van der Waals surface area (Å²) in [5, 5.41) is 3.65. The van der Waals surface area contributed by atoms with Crippen molar-refractivity contribution in [2.45, 2.75) is 25.4 Å². The number of hydrogen-bond donors (Lipinski definition) is 1. The molecule has 4 rings (SSSR count). The minimum atomic E-state index is -0.397. The number of aromatic nitrogens is 1. The van der Waals surface area contributed by atoms with Crippen LogP contribution in [0.2, 0.25) is 5.02 Å². The largest absolute Gasteiger partial charge is 0.302 e. The molecule has 25 heavy (non-hydrogen) atoms. The van der Waals surface area contributed by atoms with Gasteiger partial charge in [-0.2, -0.15) is 0 Å². The van der Waals surface area contributed by atoms with E-state index in [9.17, 15) is 9.18 Å². The fourth-order valence-electron chi connectivity index (χ4n) is 3.67. The van der Waals surface area contributed by atoms with Crippen LogP contribution in [0.25, 0.3) is 10.2 Å². The van der Waals surface area contributed by atoms with E-state index >= 15 is 0 Å². The lowest BCUT2D eigenvalue weighted by Gasteiger charge is -2.48. The topological polar surface area (TPSA) is 48.5 Å². The molecular formula is C17H20ClFN4OS. The van der Waals surface area contributed by atoms with Crippen LogP contribution < -0.4 is 5.32 Å². The maximum absolute atomic E-state index is 13.4. The van der Waals surface area contributed by atoms with Crippen molar-refractivity contribution in [1.82, 2.24) is 14.8 Å². The van der Waals surface area contributed by atoms with Crippen LogP contribution in [0, 0.1) is 11.7 Å². The molecule has 2 aromatic rings. The van der Waals surface area contributed by atoms with Gasteiger partial charge in [0.15, 0.2) is 5.13 Å². The third-order valence-corrected chi connectivity index (χ3v) is 6.34. The van der Waals surface area contributed by atoms with Crippen LogP contribution in [0.1, 0.15) is 19.3 Å². The predicted molar refractivity (Wildman–Crippen MR) is 98.5 cm³/mol. The van der Waals surface area contributed by atoms with E-state index in [1.807, 2.05) is 0 Å². The third-order valence-electron chi connectivity index (χ3n) is 5.14. The molecule has 3 heterocycles. The van der Waals surface area contributed by atoms with Gasteiger partial charge in [-0.15, -0.1) is 0 Å². The Bertz CT molecular complexity index is 813. The standard InChI is InChI=1S/C17H20ClFN4OS/c1-22-6-4-14(22)23-5-2-3-10(9-23)16(24)21-17-20-15-12(18)7-11(19)8-13(15)25-17/h7-8,10,14H,2-6,9H2,1H3,(H,20,21,24). The lowest BCUT2D eigenvalue weighted by Crippen LogP contribution is -2.58. The highest BCUT2D eigenvalue weighted by Gasteiger charge is 2.35. The van der Waals surface area contributed by atoms with Gasteiger partial charge in [0.25, 0.3) is 0 Å². The highest BCUT2D eigenvalue weighted by molar-refractivity contribution is 7.22. The molecule has 8 heteroatoms. The number of fused-ring (bicyclic) bond motifs is 1. The van der Waals surface area contributed by atoms with E-state index in [2.05, 4.69) is 27.1 Å². The summed E-state index contributed by atoms with van der Waals surface area (Å²) in [5.74, 6) is -0.448. The number of likely N-dealkylation sites (tertiary alicyclic amines) is 2. The van der Waals surface area contributed by atoms with Crippen LogP contribution >= 0.6 is 22.9 Å². The SMILES string of the molecule is CN1CCC1N1CCCC(C(=O)Nc2nc3c(Cl)cc(F)cc3s2)C1. The smallest absolute Gasteiger partial charge is 0.230 e. The zero-order valence-corrected chi connectivity index (χ0v) is 15.5. The first-order valence-corrected chi connectivity index (χ1v) is 9.71. The molecule has 0 aliphatic carbocycles. The van der Waals surface area contributed by atoms with Gasteiger partial charge in [0.2, 0.25) is 5.91 Å². The summed E-state index contributed by atoms with van der Waals surface area (Å²) in [6.07, 6.45) is 3.56. The quantitative estimate of drug-likeness (QED) is 0.883. The van der Waals surface area contributed by atoms with E-state index in [-0.39, 0.29) is 16.8 Å². The maximum Gasteiger partial charge on any atom is 0.230 e. The minimum Gasteiger partial charge on any atom is -0.302 e. The van der Waals surface area contributed by atoms with Gasteiger partial charge < -0.3 is 5.32 Å². The van der Waals surface area contributed by atoms with E-state index in [0.717, 1.165) is 32.5 Å². The van der Waals surface area contributed by atoms with Crippen LogP contribution in [-0.2, 0) is 4.79 Å². The van der Waals surface area contributed by atoms with E-state index in [1.54, 1.807) is 0 Å². The van der Waals surface area contributed by atoms with Gasteiger partial charge in [-0.05, 0) is 45.0 Å². The zero-order chi connectivity index (χ0) is 17.6. The van der Waals surface area contributed by atoms with Crippen LogP contribution in [0.5, 0.6) is 0 Å². The zero-order valence-electron chi connectivity index (χ0n) is 14.0. The summed E-state index contributed by atoms with van der Waals surface area (Å²) in [7, 11) is 2.13. The number of amides is 1. The third kappa shape index (κ3) is 3.38. The molecule has 0 saturated carbocycles. The summed E-state index contributed by atoms with van der Waals surface area (Å²) in [5.41, 5.74) is 0.532. The van der Waals surface area contributed by atoms with Gasteiger partial charge in [-0.3, -0.25) is 14.6 Å². The molecule has 2 aliphatic heterocycles. The molecule has 134 valence electrons. The Morgan fingerprint density at radius 3 is 2.96 bits per heavy atom. The molecule has 2 unspecified atom stereocenters. The Labute approximate surface area is 154 Å². The normalized spacial score (nSPS) is 25.1. The van der Waals surface area contributed by atoms with Gasteiger partial charge >= 0.3 is 0 Å². The van der Waals surface area contributed by atoms with Crippen molar-refractivity contribution >= 4 is 44.2 Å². The average Bonchev–Trinajstić information content (AvgIpc) is 2.96. The van der Waals surface area contributed by atoms with Crippen molar-refractivity contribution in [3.63, 3.8) is 0 Å². The molecule has 2 fully saturated rings. The number of nitrogens with one attached hydrogen (secondary N) is 1. The summed E-state index contributed by atoms with van der Waals surface area (Å²) in [6.45, 7) is 2.96. The number of hydrogen-bond acceptors (Lipinski definition) is 5. The summed E-state index contributed by atoms with van der Waals surface area (Å²) >= 11 is 7.28. The maximum atomic E-state index is 13.4. The van der Waals surface area contributed by atoms with Crippen LogP contribution in [0.3, 0.4) is 0 Å². The molecular weight excluding hydrogens is 363 g/mol. The van der Waals surface area contributed by atoms with Crippen LogP contribution in [0.15, 0.2) is 12.1 Å². The van der Waals surface area contributed by atoms with Crippen LogP contribution in [-0.4, -0.2) is 53.5 Å². The Morgan fingerprint density at radius 1 is 1.40 bits per heavy atom. The number of nitrogens with zero attached hydrogens (tertiary/aromatic N) is 3. The number of rotatable bonds is 3. The molecule has 0 bridgehead atoms. The van der Waals surface area contributed by atoms with Crippen molar-refractivity contribution in [3.05, 3.63) is 23.0 Å². The minimum absolute atomic E-state index is 0.0117. The fraction of sp³-hybridized carbons (Fsp3) is 0.529. The van der Waals surface area contributed by atoms with E-state index < -0.39 is 5.82 Å². The molecule has 2 saturated heterocycles. The summed E-state index contributed by atoms with van der Waals surface area (Å²) in [6, 6.07) is 2.63. The first-order chi connectivity index (χ1) is 12.0. The number of piperidine rings is 1. The Morgan fingerprint density at radius 2 is 2.24 bits per heavy atom. The Kier molecular flexibility index (Phi) is 4.66. The van der Waals surface area contributed by atoms with Crippen molar-refractivity contribution in [2.24, 2.45) is 5.92 Å². The van der Waals surface area contributed by atoms with E-state index in [0.29, 0.717) is 21.5 Å². The molecule has 1 amide bonds. The van der Waals surface area contributed by atoms with Crippen molar-refractivity contribution < 1.29 is 9.18 Å². The molecule has 0 spiro atoms. The fourth-order valence-corrected chi connectivity index (χ4v) is 4.90. The van der Waals surface area contributed by atoms with Gasteiger partial charge in [-0.1, -0.05) is 22.9 Å². The van der Waals surface area contributed by atoms with Crippen molar-refractivity contribution in [3.8, 4) is 0 Å². The molecule has 1 aromatic heterocycles. The molecule has 0 radical (unpaired) electrons. The van der Waals surface area contributed by atoms with Gasteiger partial charge in [0.05, 0.1) is 21.8 Å². The molecule has 2 atom stereocenters. The number of halogens is 2. The second kappa shape index (κ2) is 6.79. The molecule has 2 aliphatic rings. The number of benzene rings is 1.